The van der Waals surface area contributed by atoms with Gasteiger partial charge < -0.3 is 10.2 Å². The Hall–Kier alpha value is -0.850. The number of nitro benzene ring substituents is 1. The number of hydrogen-bond acceptors (Lipinski definition) is 4. The summed E-state index contributed by atoms with van der Waals surface area (Å²) in [5.74, 6) is -0.187. The fourth-order valence-electron chi connectivity index (χ4n) is 1.27. The first kappa shape index (κ1) is 13.2. The molecule has 0 heterocycles. The fourth-order valence-corrected chi connectivity index (χ4v) is 2.13. The molecule has 16 heavy (non-hydrogen) atoms. The van der Waals surface area contributed by atoms with Crippen LogP contribution in [0.4, 0.5) is 5.69 Å². The Morgan fingerprint density at radius 1 is 1.56 bits per heavy atom. The van der Waals surface area contributed by atoms with Crippen LogP contribution in [0, 0.1) is 10.1 Å². The van der Waals surface area contributed by atoms with Crippen LogP contribution in [0.15, 0.2) is 10.5 Å². The summed E-state index contributed by atoms with van der Waals surface area (Å²) in [5.41, 5.74) is 0.143. The van der Waals surface area contributed by atoms with Crippen LogP contribution >= 0.6 is 27.5 Å². The van der Waals surface area contributed by atoms with Gasteiger partial charge in [-0.25, -0.2) is 0 Å². The molecule has 0 aliphatic heterocycles. The van der Waals surface area contributed by atoms with E-state index in [0.717, 1.165) is 6.07 Å². The van der Waals surface area contributed by atoms with E-state index in [0.29, 0.717) is 18.4 Å². The van der Waals surface area contributed by atoms with Crippen molar-refractivity contribution in [3.05, 3.63) is 31.2 Å². The number of aliphatic hydroxyl groups excluding tert-OH is 1. The Morgan fingerprint density at radius 2 is 2.19 bits per heavy atom. The second-order valence-corrected chi connectivity index (χ2v) is 4.30. The molecule has 0 saturated heterocycles. The van der Waals surface area contributed by atoms with Gasteiger partial charge in [-0.3, -0.25) is 10.1 Å². The van der Waals surface area contributed by atoms with Crippen LogP contribution in [0.25, 0.3) is 0 Å². The summed E-state index contributed by atoms with van der Waals surface area (Å²) < 4.78 is 0.202. The molecule has 0 fully saturated rings. The summed E-state index contributed by atoms with van der Waals surface area (Å²) in [6.07, 6.45) is 0.702. The van der Waals surface area contributed by atoms with Crippen LogP contribution in [0.5, 0.6) is 5.75 Å². The van der Waals surface area contributed by atoms with Crippen molar-refractivity contribution in [2.24, 2.45) is 0 Å². The van der Waals surface area contributed by atoms with Crippen molar-refractivity contribution in [1.29, 1.82) is 0 Å². The van der Waals surface area contributed by atoms with Gasteiger partial charge in [0, 0.05) is 18.2 Å². The van der Waals surface area contributed by atoms with E-state index in [1.165, 1.54) is 0 Å². The van der Waals surface area contributed by atoms with Crippen LogP contribution in [-0.4, -0.2) is 21.7 Å². The highest BCUT2D eigenvalue weighted by Crippen LogP contribution is 2.40. The number of rotatable bonds is 4. The minimum Gasteiger partial charge on any atom is -0.506 e. The molecule has 5 nitrogen and oxygen atoms in total. The fraction of sp³-hybridized carbons (Fsp3) is 0.333. The summed E-state index contributed by atoms with van der Waals surface area (Å²) in [7, 11) is 0. The van der Waals surface area contributed by atoms with Crippen molar-refractivity contribution < 1.29 is 15.1 Å². The van der Waals surface area contributed by atoms with Gasteiger partial charge >= 0.3 is 0 Å². The van der Waals surface area contributed by atoms with Crippen LogP contribution < -0.4 is 0 Å². The Balaban J connectivity index is 3.28. The number of nitro groups is 1. The maximum absolute atomic E-state index is 10.7. The molecule has 0 atom stereocenters. The molecule has 0 bridgehead atoms. The van der Waals surface area contributed by atoms with Crippen LogP contribution in [0.2, 0.25) is 5.02 Å². The monoisotopic (exact) mass is 309 g/mol. The first-order valence-corrected chi connectivity index (χ1v) is 5.61. The maximum atomic E-state index is 10.7. The van der Waals surface area contributed by atoms with Gasteiger partial charge in [0.15, 0.2) is 0 Å². The highest BCUT2D eigenvalue weighted by atomic mass is 79.9. The molecule has 2 N–H and O–H groups in total. The van der Waals surface area contributed by atoms with Crippen molar-refractivity contribution in [2.45, 2.75) is 12.8 Å². The number of halogens is 2. The Labute approximate surface area is 105 Å². The van der Waals surface area contributed by atoms with Crippen molar-refractivity contribution in [2.75, 3.05) is 6.61 Å². The molecule has 1 aromatic rings. The molecule has 0 spiro atoms. The zero-order valence-corrected chi connectivity index (χ0v) is 10.5. The molecular weight excluding hydrogens is 301 g/mol. The summed E-state index contributed by atoms with van der Waals surface area (Å²) in [6.45, 7) is -0.0633. The molecule has 1 rings (SSSR count). The quantitative estimate of drug-likeness (QED) is 0.661. The summed E-state index contributed by atoms with van der Waals surface area (Å²) in [4.78, 5) is 10.1. The first-order valence-electron chi connectivity index (χ1n) is 4.44. The largest absolute Gasteiger partial charge is 0.506 e. The number of phenols is 1. The molecule has 0 aromatic heterocycles. The predicted molar refractivity (Wildman–Crippen MR) is 62.9 cm³/mol. The molecule has 0 unspecified atom stereocenters. The zero-order valence-electron chi connectivity index (χ0n) is 8.11. The molecular formula is C9H9BrClNO4. The normalized spacial score (nSPS) is 10.4. The molecule has 0 saturated carbocycles. The van der Waals surface area contributed by atoms with Gasteiger partial charge in [0.2, 0.25) is 0 Å². The van der Waals surface area contributed by atoms with E-state index in [2.05, 4.69) is 15.9 Å². The summed E-state index contributed by atoms with van der Waals surface area (Å²) >= 11 is 8.73. The Morgan fingerprint density at radius 3 is 2.69 bits per heavy atom. The lowest BCUT2D eigenvalue weighted by atomic mass is 10.1. The van der Waals surface area contributed by atoms with Gasteiger partial charge in [-0.05, 0) is 28.8 Å². The lowest BCUT2D eigenvalue weighted by molar-refractivity contribution is -0.385. The van der Waals surface area contributed by atoms with Crippen LogP contribution in [0.3, 0.4) is 0 Å². The maximum Gasteiger partial charge on any atom is 0.285 e. The SMILES string of the molecule is O=[N+]([O-])c1cc(Cl)c(O)c(CCCO)c1Br. The average molecular weight is 311 g/mol. The average Bonchev–Trinajstić information content (AvgIpc) is 2.23. The van der Waals surface area contributed by atoms with E-state index >= 15 is 0 Å². The van der Waals surface area contributed by atoms with E-state index in [9.17, 15) is 15.2 Å². The number of hydrogen-bond donors (Lipinski definition) is 2. The molecule has 0 amide bonds. The molecule has 0 aliphatic carbocycles. The summed E-state index contributed by atoms with van der Waals surface area (Å²) in [6, 6.07) is 1.09. The molecule has 88 valence electrons. The number of nitrogens with zero attached hydrogens (tertiary/aromatic N) is 1. The number of aliphatic hydroxyl groups is 1. The predicted octanol–water partition coefficient (Wildman–Crippen LogP) is 2.64. The van der Waals surface area contributed by atoms with E-state index in [-0.39, 0.29) is 27.5 Å². The van der Waals surface area contributed by atoms with Gasteiger partial charge in [-0.2, -0.15) is 0 Å². The minimum absolute atomic E-state index is 0.0633. The zero-order chi connectivity index (χ0) is 12.3. The third-order valence-electron chi connectivity index (χ3n) is 2.05. The van der Waals surface area contributed by atoms with Crippen molar-refractivity contribution in [3.63, 3.8) is 0 Å². The van der Waals surface area contributed by atoms with Crippen molar-refractivity contribution in [1.82, 2.24) is 0 Å². The smallest absolute Gasteiger partial charge is 0.285 e. The lowest BCUT2D eigenvalue weighted by Gasteiger charge is -2.08. The molecule has 7 heteroatoms. The topological polar surface area (TPSA) is 83.6 Å². The third-order valence-corrected chi connectivity index (χ3v) is 3.22. The van der Waals surface area contributed by atoms with E-state index in [4.69, 9.17) is 16.7 Å². The summed E-state index contributed by atoms with van der Waals surface area (Å²) in [5, 5.41) is 29.0. The molecule has 1 aromatic carbocycles. The Bertz CT molecular complexity index is 424. The van der Waals surface area contributed by atoms with Gasteiger partial charge in [-0.1, -0.05) is 11.6 Å². The second kappa shape index (κ2) is 5.47. The standard InChI is InChI=1S/C9H9BrClNO4/c10-8-5(2-1-3-13)9(14)6(11)4-7(8)12(15)16/h4,13-14H,1-3H2. The van der Waals surface area contributed by atoms with Crippen molar-refractivity contribution in [3.8, 4) is 5.75 Å². The molecule has 0 aliphatic rings. The van der Waals surface area contributed by atoms with Gasteiger partial charge in [-0.15, -0.1) is 0 Å². The highest BCUT2D eigenvalue weighted by molar-refractivity contribution is 9.10. The third kappa shape index (κ3) is 2.63. The second-order valence-electron chi connectivity index (χ2n) is 3.10. The highest BCUT2D eigenvalue weighted by Gasteiger charge is 2.21. The minimum atomic E-state index is -0.585. The van der Waals surface area contributed by atoms with Crippen LogP contribution in [-0.2, 0) is 6.42 Å². The van der Waals surface area contributed by atoms with Crippen molar-refractivity contribution >= 4 is 33.2 Å². The van der Waals surface area contributed by atoms with Crippen LogP contribution in [0.1, 0.15) is 12.0 Å². The van der Waals surface area contributed by atoms with E-state index in [1.807, 2.05) is 0 Å². The van der Waals surface area contributed by atoms with Gasteiger partial charge in [0.05, 0.1) is 9.95 Å². The Kier molecular flexibility index (Phi) is 4.52. The molecule has 0 radical (unpaired) electrons. The van der Waals surface area contributed by atoms with E-state index < -0.39 is 4.92 Å². The number of phenolic OH excluding ortho intramolecular Hbond substituents is 1. The lowest BCUT2D eigenvalue weighted by Crippen LogP contribution is -1.97. The van der Waals surface area contributed by atoms with E-state index in [1.54, 1.807) is 0 Å². The van der Waals surface area contributed by atoms with Gasteiger partial charge in [0.25, 0.3) is 5.69 Å². The number of aromatic hydroxyl groups is 1. The number of benzene rings is 1. The van der Waals surface area contributed by atoms with Gasteiger partial charge in [0.1, 0.15) is 10.2 Å². The first-order chi connectivity index (χ1) is 7.49.